The third kappa shape index (κ3) is 5.07. The zero-order valence-electron chi connectivity index (χ0n) is 17.3. The Kier molecular flexibility index (Phi) is 6.33. The Bertz CT molecular complexity index is 1060. The number of benzene rings is 2. The van der Waals surface area contributed by atoms with E-state index in [2.05, 4.69) is 21.2 Å². The number of hydrogen-bond acceptors (Lipinski definition) is 5. The number of carbonyl (C=O) groups excluding carboxylic acids is 1. The molecule has 0 saturated carbocycles. The van der Waals surface area contributed by atoms with Gasteiger partial charge in [-0.05, 0) is 60.1 Å². The standard InChI is InChI=1S/C21H25BrN2O5S/c1-21(2)12-17(15-11-14(28-3)9-10-19(15)29-21)23-20(25)13-24(30(4,26)27)18-8-6-5-7-16(18)22/h5-11,17H,12-13H2,1-4H3,(H,23,25). The maximum atomic E-state index is 12.9. The van der Waals surface area contributed by atoms with Crippen molar-refractivity contribution in [1.29, 1.82) is 0 Å². The Balaban J connectivity index is 1.87. The second-order valence-electron chi connectivity index (χ2n) is 7.81. The predicted molar refractivity (Wildman–Crippen MR) is 120 cm³/mol. The van der Waals surface area contributed by atoms with E-state index in [1.165, 1.54) is 0 Å². The average molecular weight is 497 g/mol. The molecule has 3 rings (SSSR count). The van der Waals surface area contributed by atoms with Gasteiger partial charge in [0.05, 0.1) is 25.1 Å². The summed E-state index contributed by atoms with van der Waals surface area (Å²) in [6.45, 7) is 3.56. The number of carbonyl (C=O) groups is 1. The molecule has 1 aliphatic rings. The number of nitrogens with one attached hydrogen (secondary N) is 1. The van der Waals surface area contributed by atoms with E-state index in [1.54, 1.807) is 37.4 Å². The summed E-state index contributed by atoms with van der Waals surface area (Å²) in [6, 6.07) is 12.0. The second kappa shape index (κ2) is 8.47. The van der Waals surface area contributed by atoms with Gasteiger partial charge in [-0.15, -0.1) is 0 Å². The first-order valence-electron chi connectivity index (χ1n) is 9.39. The van der Waals surface area contributed by atoms with Gasteiger partial charge in [-0.2, -0.15) is 0 Å². The van der Waals surface area contributed by atoms with Crippen LogP contribution in [0.25, 0.3) is 0 Å². The van der Waals surface area contributed by atoms with Crippen LogP contribution in [0.1, 0.15) is 31.9 Å². The topological polar surface area (TPSA) is 84.9 Å². The van der Waals surface area contributed by atoms with Crippen molar-refractivity contribution in [1.82, 2.24) is 5.32 Å². The molecule has 0 spiro atoms. The smallest absolute Gasteiger partial charge is 0.241 e. The van der Waals surface area contributed by atoms with Crippen molar-refractivity contribution in [3.8, 4) is 11.5 Å². The minimum Gasteiger partial charge on any atom is -0.497 e. The van der Waals surface area contributed by atoms with Crippen molar-refractivity contribution < 1.29 is 22.7 Å². The Hall–Kier alpha value is -2.26. The highest BCUT2D eigenvalue weighted by atomic mass is 79.9. The number of hydrogen-bond donors (Lipinski definition) is 1. The van der Waals surface area contributed by atoms with Crippen molar-refractivity contribution >= 4 is 37.5 Å². The molecule has 9 heteroatoms. The van der Waals surface area contributed by atoms with E-state index >= 15 is 0 Å². The summed E-state index contributed by atoms with van der Waals surface area (Å²) in [7, 11) is -2.10. The van der Waals surface area contributed by atoms with Crippen LogP contribution in [-0.4, -0.2) is 39.8 Å². The average Bonchev–Trinajstić information content (AvgIpc) is 2.65. The molecule has 1 amide bonds. The normalized spacial score (nSPS) is 17.4. The monoisotopic (exact) mass is 496 g/mol. The van der Waals surface area contributed by atoms with Gasteiger partial charge >= 0.3 is 0 Å². The number of halogens is 1. The lowest BCUT2D eigenvalue weighted by Gasteiger charge is -2.38. The molecule has 1 N–H and O–H groups in total. The van der Waals surface area contributed by atoms with Gasteiger partial charge in [-0.1, -0.05) is 12.1 Å². The van der Waals surface area contributed by atoms with E-state index in [4.69, 9.17) is 9.47 Å². The van der Waals surface area contributed by atoms with Crippen LogP contribution in [0.5, 0.6) is 11.5 Å². The highest BCUT2D eigenvalue weighted by molar-refractivity contribution is 9.10. The molecule has 0 bridgehead atoms. The first-order chi connectivity index (χ1) is 14.0. The minimum atomic E-state index is -3.67. The number of fused-ring (bicyclic) bond motifs is 1. The highest BCUT2D eigenvalue weighted by Gasteiger charge is 2.35. The molecular formula is C21H25BrN2O5S. The summed E-state index contributed by atoms with van der Waals surface area (Å²) >= 11 is 3.36. The van der Waals surface area contributed by atoms with Crippen LogP contribution in [0, 0.1) is 0 Å². The summed E-state index contributed by atoms with van der Waals surface area (Å²) in [5.74, 6) is 0.915. The Morgan fingerprint density at radius 2 is 2.00 bits per heavy atom. The van der Waals surface area contributed by atoms with E-state index in [1.807, 2.05) is 26.0 Å². The van der Waals surface area contributed by atoms with Crippen molar-refractivity contribution in [3.05, 3.63) is 52.5 Å². The molecule has 2 aromatic rings. The number of anilines is 1. The fraction of sp³-hybridized carbons (Fsp3) is 0.381. The van der Waals surface area contributed by atoms with Crippen molar-refractivity contribution in [2.75, 3.05) is 24.2 Å². The van der Waals surface area contributed by atoms with Crippen LogP contribution in [0.2, 0.25) is 0 Å². The third-order valence-electron chi connectivity index (χ3n) is 4.82. The predicted octanol–water partition coefficient (Wildman–Crippen LogP) is 3.64. The molecule has 7 nitrogen and oxygen atoms in total. The number of nitrogens with zero attached hydrogens (tertiary/aromatic N) is 1. The lowest BCUT2D eigenvalue weighted by atomic mass is 9.89. The van der Waals surface area contributed by atoms with Gasteiger partial charge in [0.15, 0.2) is 0 Å². The molecule has 30 heavy (non-hydrogen) atoms. The molecule has 1 atom stereocenters. The van der Waals surface area contributed by atoms with Gasteiger partial charge in [0.25, 0.3) is 0 Å². The van der Waals surface area contributed by atoms with Crippen molar-refractivity contribution in [2.45, 2.75) is 31.9 Å². The highest BCUT2D eigenvalue weighted by Crippen LogP contribution is 2.41. The number of para-hydroxylation sites is 1. The van der Waals surface area contributed by atoms with E-state index in [9.17, 15) is 13.2 Å². The number of ether oxygens (including phenoxy) is 2. The molecule has 0 saturated heterocycles. The van der Waals surface area contributed by atoms with Crippen LogP contribution in [0.3, 0.4) is 0 Å². The van der Waals surface area contributed by atoms with Crippen LogP contribution in [0.4, 0.5) is 5.69 Å². The van der Waals surface area contributed by atoms with E-state index in [0.717, 1.165) is 16.1 Å². The molecule has 0 radical (unpaired) electrons. The Morgan fingerprint density at radius 1 is 1.30 bits per heavy atom. The van der Waals surface area contributed by atoms with E-state index in [0.29, 0.717) is 28.1 Å². The van der Waals surface area contributed by atoms with Gasteiger partial charge in [0.2, 0.25) is 15.9 Å². The largest absolute Gasteiger partial charge is 0.497 e. The molecule has 2 aromatic carbocycles. The lowest BCUT2D eigenvalue weighted by molar-refractivity contribution is -0.120. The van der Waals surface area contributed by atoms with Gasteiger partial charge in [0, 0.05) is 16.5 Å². The first kappa shape index (κ1) is 22.4. The second-order valence-corrected chi connectivity index (χ2v) is 10.6. The van der Waals surface area contributed by atoms with Crippen molar-refractivity contribution in [2.24, 2.45) is 0 Å². The molecule has 0 aromatic heterocycles. The SMILES string of the molecule is COc1ccc2c(c1)C(NC(=O)CN(c1ccccc1Br)S(C)(=O)=O)CC(C)(C)O2. The summed E-state index contributed by atoms with van der Waals surface area (Å²) in [4.78, 5) is 12.9. The minimum absolute atomic E-state index is 0.335. The Morgan fingerprint density at radius 3 is 2.63 bits per heavy atom. The van der Waals surface area contributed by atoms with Gasteiger partial charge in [-0.25, -0.2) is 8.42 Å². The summed E-state index contributed by atoms with van der Waals surface area (Å²) in [5.41, 5.74) is 0.719. The van der Waals surface area contributed by atoms with Crippen LogP contribution < -0.4 is 19.1 Å². The summed E-state index contributed by atoms with van der Waals surface area (Å²) in [6.07, 6.45) is 1.62. The van der Waals surface area contributed by atoms with E-state index < -0.39 is 21.5 Å². The quantitative estimate of drug-likeness (QED) is 0.659. The van der Waals surface area contributed by atoms with Gasteiger partial charge < -0.3 is 14.8 Å². The van der Waals surface area contributed by atoms with Crippen LogP contribution in [-0.2, 0) is 14.8 Å². The third-order valence-corrected chi connectivity index (χ3v) is 6.62. The zero-order valence-corrected chi connectivity index (χ0v) is 19.7. The molecular weight excluding hydrogens is 472 g/mol. The molecule has 0 aliphatic carbocycles. The number of methoxy groups -OCH3 is 1. The van der Waals surface area contributed by atoms with Gasteiger partial charge in [0.1, 0.15) is 23.6 Å². The number of amides is 1. The van der Waals surface area contributed by atoms with Gasteiger partial charge in [-0.3, -0.25) is 9.10 Å². The fourth-order valence-electron chi connectivity index (χ4n) is 3.49. The molecule has 1 heterocycles. The Labute approximate surface area is 185 Å². The summed E-state index contributed by atoms with van der Waals surface area (Å²) < 4.78 is 37.8. The maximum absolute atomic E-state index is 12.9. The first-order valence-corrected chi connectivity index (χ1v) is 12.0. The molecule has 1 aliphatic heterocycles. The summed E-state index contributed by atoms with van der Waals surface area (Å²) in [5, 5.41) is 2.98. The van der Waals surface area contributed by atoms with Crippen LogP contribution >= 0.6 is 15.9 Å². The fourth-order valence-corrected chi connectivity index (χ4v) is 4.98. The van der Waals surface area contributed by atoms with Crippen molar-refractivity contribution in [3.63, 3.8) is 0 Å². The van der Waals surface area contributed by atoms with Crippen LogP contribution in [0.15, 0.2) is 46.9 Å². The molecule has 0 fully saturated rings. The molecule has 1 unspecified atom stereocenters. The molecule has 162 valence electrons. The number of rotatable bonds is 6. The lowest BCUT2D eigenvalue weighted by Crippen LogP contribution is -2.45. The number of sulfonamides is 1. The maximum Gasteiger partial charge on any atom is 0.241 e. The van der Waals surface area contributed by atoms with E-state index in [-0.39, 0.29) is 12.6 Å². The zero-order chi connectivity index (χ0) is 22.1.